The Morgan fingerprint density at radius 1 is 1.37 bits per heavy atom. The van der Waals surface area contributed by atoms with Crippen LogP contribution < -0.4 is 10.2 Å². The predicted octanol–water partition coefficient (Wildman–Crippen LogP) is 2.58. The second-order valence-corrected chi connectivity index (χ2v) is 6.85. The van der Waals surface area contributed by atoms with Gasteiger partial charge in [0.15, 0.2) is 0 Å². The molecule has 1 aromatic heterocycles. The summed E-state index contributed by atoms with van der Waals surface area (Å²) in [6.07, 6.45) is 3.96. The maximum absolute atomic E-state index is 4.79. The molecule has 4 heteroatoms. The van der Waals surface area contributed by atoms with Crippen molar-refractivity contribution in [3.8, 4) is 0 Å². The zero-order valence-corrected chi connectivity index (χ0v) is 12.7. The van der Waals surface area contributed by atoms with Crippen LogP contribution in [0.3, 0.4) is 0 Å². The summed E-state index contributed by atoms with van der Waals surface area (Å²) in [6, 6.07) is 5.84. The van der Waals surface area contributed by atoms with Crippen molar-refractivity contribution in [2.45, 2.75) is 44.8 Å². The van der Waals surface area contributed by atoms with Crippen molar-refractivity contribution in [1.82, 2.24) is 10.3 Å². The third kappa shape index (κ3) is 3.23. The van der Waals surface area contributed by atoms with E-state index in [1.54, 1.807) is 0 Å². The molecule has 3 nitrogen and oxygen atoms in total. The van der Waals surface area contributed by atoms with Crippen LogP contribution in [-0.4, -0.2) is 35.6 Å². The molecule has 1 aliphatic carbocycles. The maximum atomic E-state index is 4.79. The first-order valence-electron chi connectivity index (χ1n) is 7.24. The first-order valence-corrected chi connectivity index (χ1v) is 8.40. The Balaban J connectivity index is 1.66. The fourth-order valence-corrected chi connectivity index (χ4v) is 3.78. The molecule has 2 aliphatic rings. The molecule has 1 saturated carbocycles. The van der Waals surface area contributed by atoms with Gasteiger partial charge >= 0.3 is 0 Å². The molecule has 0 aromatic carbocycles. The third-order valence-electron chi connectivity index (χ3n) is 4.15. The fraction of sp³-hybridized carbons (Fsp3) is 0.667. The third-order valence-corrected chi connectivity index (χ3v) is 5.30. The highest BCUT2D eigenvalue weighted by atomic mass is 32.2. The Morgan fingerprint density at radius 2 is 2.21 bits per heavy atom. The smallest absolute Gasteiger partial charge is 0.128 e. The number of pyridine rings is 1. The zero-order valence-electron chi connectivity index (χ0n) is 11.9. The van der Waals surface area contributed by atoms with Crippen LogP contribution in [-0.2, 0) is 6.54 Å². The summed E-state index contributed by atoms with van der Waals surface area (Å²) in [4.78, 5) is 7.14. The van der Waals surface area contributed by atoms with E-state index in [9.17, 15) is 0 Å². The lowest BCUT2D eigenvalue weighted by Gasteiger charge is -2.25. The van der Waals surface area contributed by atoms with Gasteiger partial charge in [-0.3, -0.25) is 0 Å². The van der Waals surface area contributed by atoms with E-state index < -0.39 is 0 Å². The summed E-state index contributed by atoms with van der Waals surface area (Å²) >= 11 is 2.05. The lowest BCUT2D eigenvalue weighted by Crippen LogP contribution is -2.32. The van der Waals surface area contributed by atoms with Crippen molar-refractivity contribution in [2.24, 2.45) is 0 Å². The molecule has 104 valence electrons. The van der Waals surface area contributed by atoms with Crippen molar-refractivity contribution in [3.63, 3.8) is 0 Å². The topological polar surface area (TPSA) is 28.2 Å². The first kappa shape index (κ1) is 13.3. The Bertz CT molecular complexity index is 439. The van der Waals surface area contributed by atoms with E-state index in [0.717, 1.165) is 18.4 Å². The van der Waals surface area contributed by atoms with Gasteiger partial charge in [-0.25, -0.2) is 4.98 Å². The molecule has 0 spiro atoms. The van der Waals surface area contributed by atoms with Crippen LogP contribution in [0.15, 0.2) is 12.1 Å². The minimum atomic E-state index is 0.660. The van der Waals surface area contributed by atoms with Crippen LogP contribution in [0.2, 0.25) is 0 Å². The second-order valence-electron chi connectivity index (χ2n) is 5.70. The van der Waals surface area contributed by atoms with Gasteiger partial charge < -0.3 is 10.2 Å². The fourth-order valence-electron chi connectivity index (χ4n) is 2.52. The highest BCUT2D eigenvalue weighted by molar-refractivity contribution is 7.99. The zero-order chi connectivity index (χ0) is 13.2. The molecule has 1 aromatic rings. The molecule has 0 amide bonds. The molecule has 1 N–H and O–H groups in total. The lowest BCUT2D eigenvalue weighted by atomic mass is 10.2. The van der Waals surface area contributed by atoms with Gasteiger partial charge in [0.05, 0.1) is 0 Å². The summed E-state index contributed by atoms with van der Waals surface area (Å²) in [5.74, 6) is 3.65. The van der Waals surface area contributed by atoms with E-state index >= 15 is 0 Å². The van der Waals surface area contributed by atoms with E-state index in [0.29, 0.717) is 6.04 Å². The van der Waals surface area contributed by atoms with Gasteiger partial charge in [0.1, 0.15) is 5.82 Å². The summed E-state index contributed by atoms with van der Waals surface area (Å²) in [5, 5.41) is 3.56. The molecular formula is C15H23N3S. The predicted molar refractivity (Wildman–Crippen MR) is 83.0 cm³/mol. The Hall–Kier alpha value is -0.740. The number of nitrogens with one attached hydrogen (secondary N) is 1. The summed E-state index contributed by atoms with van der Waals surface area (Å²) in [7, 11) is 2.18. The van der Waals surface area contributed by atoms with E-state index in [2.05, 4.69) is 48.1 Å². The number of anilines is 1. The van der Waals surface area contributed by atoms with Crippen molar-refractivity contribution >= 4 is 17.6 Å². The van der Waals surface area contributed by atoms with Gasteiger partial charge in [0.25, 0.3) is 0 Å². The molecule has 3 rings (SSSR count). The largest absolute Gasteiger partial charge is 0.356 e. The lowest BCUT2D eigenvalue weighted by molar-refractivity contribution is 0.675. The average Bonchev–Trinajstić information content (AvgIpc) is 3.08. The summed E-state index contributed by atoms with van der Waals surface area (Å²) in [5.41, 5.74) is 2.51. The molecule has 2 heterocycles. The van der Waals surface area contributed by atoms with Gasteiger partial charge in [-0.05, 0) is 43.6 Å². The van der Waals surface area contributed by atoms with Crippen LogP contribution in [0.25, 0.3) is 0 Å². The van der Waals surface area contributed by atoms with Crippen molar-refractivity contribution in [2.75, 3.05) is 23.5 Å². The van der Waals surface area contributed by atoms with E-state index in [4.69, 9.17) is 4.98 Å². The maximum Gasteiger partial charge on any atom is 0.128 e. The molecule has 0 radical (unpaired) electrons. The monoisotopic (exact) mass is 277 g/mol. The van der Waals surface area contributed by atoms with Gasteiger partial charge in [-0.1, -0.05) is 6.07 Å². The number of hydrogen-bond donors (Lipinski definition) is 1. The van der Waals surface area contributed by atoms with Gasteiger partial charge in [-0.15, -0.1) is 0 Å². The van der Waals surface area contributed by atoms with Crippen LogP contribution in [0, 0.1) is 6.92 Å². The summed E-state index contributed by atoms with van der Waals surface area (Å²) in [6.45, 7) is 3.09. The normalized spacial score (nSPS) is 22.7. The summed E-state index contributed by atoms with van der Waals surface area (Å²) < 4.78 is 0. The van der Waals surface area contributed by atoms with E-state index in [1.807, 2.05) is 0 Å². The van der Waals surface area contributed by atoms with Gasteiger partial charge in [0.2, 0.25) is 0 Å². The number of hydrogen-bond acceptors (Lipinski definition) is 4. The molecule has 1 aliphatic heterocycles. The Morgan fingerprint density at radius 3 is 2.84 bits per heavy atom. The standard InChI is InChI=1S/C15H23N3S/c1-11-12(9-16-13-4-5-13)3-6-15(17-11)18(2)14-7-8-19-10-14/h3,6,13-14,16H,4-5,7-10H2,1-2H3. The molecule has 0 bridgehead atoms. The number of rotatable bonds is 5. The van der Waals surface area contributed by atoms with Crippen LogP contribution >= 0.6 is 11.8 Å². The molecule has 19 heavy (non-hydrogen) atoms. The molecule has 1 unspecified atom stereocenters. The highest BCUT2D eigenvalue weighted by Gasteiger charge is 2.22. The number of thioether (sulfide) groups is 1. The van der Waals surface area contributed by atoms with Crippen LogP contribution in [0.1, 0.15) is 30.5 Å². The first-order chi connectivity index (χ1) is 9.24. The average molecular weight is 277 g/mol. The second kappa shape index (κ2) is 5.71. The molecule has 1 atom stereocenters. The minimum Gasteiger partial charge on any atom is -0.356 e. The molecular weight excluding hydrogens is 254 g/mol. The van der Waals surface area contributed by atoms with Crippen molar-refractivity contribution in [3.05, 3.63) is 23.4 Å². The van der Waals surface area contributed by atoms with Crippen LogP contribution in [0.5, 0.6) is 0 Å². The van der Waals surface area contributed by atoms with Crippen molar-refractivity contribution in [1.29, 1.82) is 0 Å². The van der Waals surface area contributed by atoms with Gasteiger partial charge in [-0.2, -0.15) is 11.8 Å². The SMILES string of the molecule is Cc1nc(N(C)C2CCSC2)ccc1CNC1CC1. The van der Waals surface area contributed by atoms with Gasteiger partial charge in [0, 0.05) is 37.1 Å². The number of aryl methyl sites for hydroxylation is 1. The quantitative estimate of drug-likeness (QED) is 0.895. The number of aromatic nitrogens is 1. The van der Waals surface area contributed by atoms with Crippen molar-refractivity contribution < 1.29 is 0 Å². The Labute approximate surface area is 120 Å². The molecule has 2 fully saturated rings. The number of nitrogens with zero attached hydrogens (tertiary/aromatic N) is 2. The van der Waals surface area contributed by atoms with Crippen LogP contribution in [0.4, 0.5) is 5.82 Å². The van der Waals surface area contributed by atoms with E-state index in [-0.39, 0.29) is 0 Å². The minimum absolute atomic E-state index is 0.660. The Kier molecular flexibility index (Phi) is 3.99. The molecule has 1 saturated heterocycles. The van der Waals surface area contributed by atoms with E-state index in [1.165, 1.54) is 42.0 Å². The highest BCUT2D eigenvalue weighted by Crippen LogP contribution is 2.25.